The lowest BCUT2D eigenvalue weighted by atomic mass is 10.0. The van der Waals surface area contributed by atoms with Gasteiger partial charge >= 0.3 is 0 Å². The van der Waals surface area contributed by atoms with Crippen LogP contribution in [0, 0.1) is 6.92 Å². The van der Waals surface area contributed by atoms with Gasteiger partial charge in [0.25, 0.3) is 0 Å². The van der Waals surface area contributed by atoms with E-state index in [0.717, 1.165) is 31.4 Å². The standard InChI is InChI=1S/C21H25FN4/c1-15-4-5-18-17(12-15)16-7-10-25(3)11-8-19(16)26(18)13-21(2,22)20-6-9-23-14-24-20/h4-6,9,12,14H,7-8,10-11,13H2,1-3H3. The Hall–Kier alpha value is -2.27. The number of nitrogens with zero attached hydrogens (tertiary/aromatic N) is 4. The van der Waals surface area contributed by atoms with Crippen LogP contribution in [0.1, 0.15) is 29.4 Å². The molecule has 0 fully saturated rings. The van der Waals surface area contributed by atoms with E-state index in [9.17, 15) is 0 Å². The predicted octanol–water partition coefficient (Wildman–Crippen LogP) is 3.66. The molecule has 0 saturated heterocycles. The minimum absolute atomic E-state index is 0.266. The third kappa shape index (κ3) is 3.01. The van der Waals surface area contributed by atoms with E-state index in [-0.39, 0.29) is 6.54 Å². The Morgan fingerprint density at radius 2 is 2.00 bits per heavy atom. The zero-order valence-electron chi connectivity index (χ0n) is 15.7. The Morgan fingerprint density at radius 3 is 2.77 bits per heavy atom. The Kier molecular flexibility index (Phi) is 4.27. The number of halogens is 1. The van der Waals surface area contributed by atoms with E-state index >= 15 is 4.39 Å². The number of aromatic nitrogens is 3. The molecule has 1 aliphatic rings. The lowest BCUT2D eigenvalue weighted by Gasteiger charge is -2.23. The second kappa shape index (κ2) is 6.47. The molecule has 1 atom stereocenters. The molecule has 0 radical (unpaired) electrons. The summed E-state index contributed by atoms with van der Waals surface area (Å²) >= 11 is 0. The van der Waals surface area contributed by atoms with Gasteiger partial charge in [0, 0.05) is 42.3 Å². The second-order valence-corrected chi connectivity index (χ2v) is 7.63. The molecule has 0 aliphatic carbocycles. The first kappa shape index (κ1) is 17.2. The summed E-state index contributed by atoms with van der Waals surface area (Å²) in [6.45, 7) is 6.04. The monoisotopic (exact) mass is 352 g/mol. The van der Waals surface area contributed by atoms with Crippen molar-refractivity contribution in [1.29, 1.82) is 0 Å². The van der Waals surface area contributed by atoms with E-state index in [1.807, 2.05) is 0 Å². The van der Waals surface area contributed by atoms with Gasteiger partial charge in [0.2, 0.25) is 0 Å². The topological polar surface area (TPSA) is 34.0 Å². The van der Waals surface area contributed by atoms with E-state index in [1.54, 1.807) is 19.2 Å². The first-order chi connectivity index (χ1) is 12.5. The van der Waals surface area contributed by atoms with Gasteiger partial charge in [-0.3, -0.25) is 0 Å². The molecule has 0 amide bonds. The van der Waals surface area contributed by atoms with Gasteiger partial charge in [0.15, 0.2) is 5.67 Å². The highest BCUT2D eigenvalue weighted by Crippen LogP contribution is 2.34. The smallest absolute Gasteiger partial charge is 0.167 e. The summed E-state index contributed by atoms with van der Waals surface area (Å²) in [7, 11) is 2.16. The highest BCUT2D eigenvalue weighted by molar-refractivity contribution is 5.86. The van der Waals surface area contributed by atoms with Crippen LogP contribution >= 0.6 is 0 Å². The van der Waals surface area contributed by atoms with E-state index in [2.05, 4.69) is 51.6 Å². The molecule has 1 aromatic carbocycles. The Labute approximate surface area is 153 Å². The molecule has 1 unspecified atom stereocenters. The molecule has 4 rings (SSSR count). The van der Waals surface area contributed by atoms with Crippen LogP contribution in [0.25, 0.3) is 10.9 Å². The molecule has 3 aromatic rings. The van der Waals surface area contributed by atoms with Crippen LogP contribution in [0.2, 0.25) is 0 Å². The van der Waals surface area contributed by atoms with Gasteiger partial charge in [-0.05, 0) is 51.1 Å². The first-order valence-electron chi connectivity index (χ1n) is 9.20. The van der Waals surface area contributed by atoms with Crippen LogP contribution in [0.3, 0.4) is 0 Å². The lowest BCUT2D eigenvalue weighted by molar-refractivity contribution is 0.156. The van der Waals surface area contributed by atoms with Crippen LogP contribution in [-0.4, -0.2) is 39.6 Å². The number of benzene rings is 1. The van der Waals surface area contributed by atoms with E-state index in [1.165, 1.54) is 28.5 Å². The largest absolute Gasteiger partial charge is 0.341 e. The Balaban J connectivity index is 1.84. The van der Waals surface area contributed by atoms with E-state index in [0.29, 0.717) is 5.69 Å². The maximum Gasteiger partial charge on any atom is 0.167 e. The molecule has 0 bridgehead atoms. The van der Waals surface area contributed by atoms with Crippen molar-refractivity contribution in [3.8, 4) is 0 Å². The summed E-state index contributed by atoms with van der Waals surface area (Å²) in [5.74, 6) is 0. The van der Waals surface area contributed by atoms with Crippen molar-refractivity contribution in [3.05, 3.63) is 59.3 Å². The van der Waals surface area contributed by atoms with Crippen molar-refractivity contribution < 1.29 is 4.39 Å². The molecule has 2 aromatic heterocycles. The molecule has 0 saturated carbocycles. The van der Waals surface area contributed by atoms with Gasteiger partial charge in [0.1, 0.15) is 6.33 Å². The second-order valence-electron chi connectivity index (χ2n) is 7.63. The normalized spacial score (nSPS) is 17.7. The molecule has 0 N–H and O–H groups in total. The number of aryl methyl sites for hydroxylation is 1. The maximum atomic E-state index is 15.6. The Bertz CT molecular complexity index is 930. The first-order valence-corrected chi connectivity index (χ1v) is 9.20. The fourth-order valence-electron chi connectivity index (χ4n) is 4.02. The van der Waals surface area contributed by atoms with E-state index in [4.69, 9.17) is 0 Å². The fraction of sp³-hybridized carbons (Fsp3) is 0.429. The SMILES string of the molecule is Cc1ccc2c(c1)c1c(n2CC(C)(F)c2ccncn2)CCN(C)CC1. The summed E-state index contributed by atoms with van der Waals surface area (Å²) in [6, 6.07) is 8.17. The summed E-state index contributed by atoms with van der Waals surface area (Å²) < 4.78 is 17.8. The zero-order valence-corrected chi connectivity index (χ0v) is 15.7. The van der Waals surface area contributed by atoms with Crippen LogP contribution < -0.4 is 0 Å². The van der Waals surface area contributed by atoms with Gasteiger partial charge in [0.05, 0.1) is 12.2 Å². The van der Waals surface area contributed by atoms with Gasteiger partial charge in [-0.2, -0.15) is 0 Å². The molecule has 136 valence electrons. The maximum absolute atomic E-state index is 15.6. The van der Waals surface area contributed by atoms with Crippen molar-refractivity contribution in [2.45, 2.75) is 38.9 Å². The molecular weight excluding hydrogens is 327 g/mol. The number of hydrogen-bond acceptors (Lipinski definition) is 3. The summed E-state index contributed by atoms with van der Waals surface area (Å²) in [5, 5.41) is 1.27. The number of rotatable bonds is 3. The minimum Gasteiger partial charge on any atom is -0.341 e. The van der Waals surface area contributed by atoms with Gasteiger partial charge < -0.3 is 9.47 Å². The van der Waals surface area contributed by atoms with Crippen molar-refractivity contribution >= 4 is 10.9 Å². The number of fused-ring (bicyclic) bond motifs is 3. The van der Waals surface area contributed by atoms with Crippen molar-refractivity contribution in [3.63, 3.8) is 0 Å². The number of likely N-dealkylation sites (N-methyl/N-ethyl adjacent to an activating group) is 1. The number of alkyl halides is 1. The summed E-state index contributed by atoms with van der Waals surface area (Å²) in [4.78, 5) is 10.4. The van der Waals surface area contributed by atoms with Gasteiger partial charge in [-0.15, -0.1) is 0 Å². The van der Waals surface area contributed by atoms with Crippen LogP contribution in [0.5, 0.6) is 0 Å². The molecule has 4 nitrogen and oxygen atoms in total. The van der Waals surface area contributed by atoms with Crippen molar-refractivity contribution in [1.82, 2.24) is 19.4 Å². The third-order valence-electron chi connectivity index (χ3n) is 5.49. The predicted molar refractivity (Wildman–Crippen MR) is 102 cm³/mol. The summed E-state index contributed by atoms with van der Waals surface area (Å²) in [5.41, 5.74) is 3.91. The third-order valence-corrected chi connectivity index (χ3v) is 5.49. The van der Waals surface area contributed by atoms with Gasteiger partial charge in [-0.25, -0.2) is 14.4 Å². The average molecular weight is 352 g/mol. The molecule has 3 heterocycles. The molecule has 26 heavy (non-hydrogen) atoms. The van der Waals surface area contributed by atoms with Crippen LogP contribution in [0.15, 0.2) is 36.8 Å². The number of hydrogen-bond donors (Lipinski definition) is 0. The Morgan fingerprint density at radius 1 is 1.19 bits per heavy atom. The minimum atomic E-state index is -1.55. The lowest BCUT2D eigenvalue weighted by Crippen LogP contribution is -2.26. The van der Waals surface area contributed by atoms with E-state index < -0.39 is 5.67 Å². The zero-order chi connectivity index (χ0) is 18.3. The highest BCUT2D eigenvalue weighted by atomic mass is 19.1. The molecular formula is C21H25FN4. The molecule has 0 spiro atoms. The summed E-state index contributed by atoms with van der Waals surface area (Å²) in [6.07, 6.45) is 4.97. The average Bonchev–Trinajstić information content (AvgIpc) is 2.76. The quantitative estimate of drug-likeness (QED) is 0.721. The van der Waals surface area contributed by atoms with Gasteiger partial charge in [-0.1, -0.05) is 11.6 Å². The highest BCUT2D eigenvalue weighted by Gasteiger charge is 2.31. The van der Waals surface area contributed by atoms with Crippen molar-refractivity contribution in [2.24, 2.45) is 0 Å². The molecule has 5 heteroatoms. The van der Waals surface area contributed by atoms with Crippen molar-refractivity contribution in [2.75, 3.05) is 20.1 Å². The van der Waals surface area contributed by atoms with Crippen LogP contribution in [0.4, 0.5) is 4.39 Å². The fourth-order valence-corrected chi connectivity index (χ4v) is 4.02. The molecule has 1 aliphatic heterocycles. The van der Waals surface area contributed by atoms with Crippen LogP contribution in [-0.2, 0) is 25.1 Å².